The Morgan fingerprint density at radius 3 is 2.12 bits per heavy atom. The van der Waals surface area contributed by atoms with Crippen LogP contribution in [0.2, 0.25) is 0 Å². The Bertz CT molecular complexity index is 367. The molecule has 17 heavy (non-hydrogen) atoms. The molecule has 0 saturated carbocycles. The van der Waals surface area contributed by atoms with Crippen LogP contribution >= 0.6 is 11.8 Å². The molecule has 0 bridgehead atoms. The highest BCUT2D eigenvalue weighted by molar-refractivity contribution is 7.99. The fourth-order valence-corrected chi connectivity index (χ4v) is 2.91. The third-order valence-corrected chi connectivity index (χ3v) is 3.94. The lowest BCUT2D eigenvalue weighted by Crippen LogP contribution is -2.29. The first-order valence-electron chi connectivity index (χ1n) is 5.75. The first-order chi connectivity index (χ1) is 8.18. The van der Waals surface area contributed by atoms with Crippen molar-refractivity contribution in [3.05, 3.63) is 23.8 Å². The molecule has 1 heterocycles. The molecule has 2 rings (SSSR count). The normalized spacial score (nSPS) is 17.6. The molecule has 1 aliphatic rings. The van der Waals surface area contributed by atoms with Crippen molar-refractivity contribution in [2.24, 2.45) is 0 Å². The zero-order valence-electron chi connectivity index (χ0n) is 9.59. The highest BCUT2D eigenvalue weighted by Crippen LogP contribution is 2.27. The van der Waals surface area contributed by atoms with E-state index in [-0.39, 0.29) is 11.4 Å². The summed E-state index contributed by atoms with van der Waals surface area (Å²) >= 11 is 1.90. The lowest BCUT2D eigenvalue weighted by Gasteiger charge is -2.27. The van der Waals surface area contributed by atoms with Crippen molar-refractivity contribution in [2.45, 2.75) is 12.8 Å². The first-order valence-corrected chi connectivity index (χ1v) is 6.91. The molecule has 5 heteroatoms. The van der Waals surface area contributed by atoms with Crippen LogP contribution in [0, 0.1) is 11.6 Å². The van der Waals surface area contributed by atoms with E-state index in [4.69, 9.17) is 5.73 Å². The van der Waals surface area contributed by atoms with Gasteiger partial charge in [0.1, 0.15) is 5.69 Å². The summed E-state index contributed by atoms with van der Waals surface area (Å²) < 4.78 is 27.5. The number of nitrogen functional groups attached to an aromatic ring is 1. The number of hydrogen-bond donors (Lipinski definition) is 1. The van der Waals surface area contributed by atoms with Gasteiger partial charge in [-0.15, -0.1) is 0 Å². The maximum absolute atomic E-state index is 13.8. The molecule has 1 aliphatic heterocycles. The van der Waals surface area contributed by atoms with E-state index in [1.807, 2.05) is 11.8 Å². The molecule has 0 amide bonds. The first kappa shape index (κ1) is 12.5. The monoisotopic (exact) mass is 258 g/mol. The molecule has 0 atom stereocenters. The maximum Gasteiger partial charge on any atom is 0.151 e. The van der Waals surface area contributed by atoms with Gasteiger partial charge in [0, 0.05) is 18.8 Å². The van der Waals surface area contributed by atoms with Gasteiger partial charge in [-0.05, 0) is 36.5 Å². The molecule has 0 aliphatic carbocycles. The van der Waals surface area contributed by atoms with Gasteiger partial charge in [0.2, 0.25) is 0 Å². The van der Waals surface area contributed by atoms with Gasteiger partial charge in [-0.1, -0.05) is 0 Å². The van der Waals surface area contributed by atoms with Crippen molar-refractivity contribution >= 4 is 23.1 Å². The Balaban J connectivity index is 2.24. The smallest absolute Gasteiger partial charge is 0.151 e. The predicted octanol–water partition coefficient (Wildman–Crippen LogP) is 2.88. The molecule has 94 valence electrons. The summed E-state index contributed by atoms with van der Waals surface area (Å²) in [7, 11) is 0. The number of thioether (sulfide) groups is 1. The third kappa shape index (κ3) is 3.03. The van der Waals surface area contributed by atoms with Gasteiger partial charge >= 0.3 is 0 Å². The summed E-state index contributed by atoms with van der Waals surface area (Å²) in [4.78, 5) is 1.80. The van der Waals surface area contributed by atoms with E-state index in [2.05, 4.69) is 0 Å². The lowest BCUT2D eigenvalue weighted by atomic mass is 10.2. The van der Waals surface area contributed by atoms with Crippen LogP contribution < -0.4 is 10.6 Å². The highest BCUT2D eigenvalue weighted by Gasteiger charge is 2.18. The van der Waals surface area contributed by atoms with Crippen molar-refractivity contribution in [3.63, 3.8) is 0 Å². The van der Waals surface area contributed by atoms with E-state index in [1.54, 1.807) is 4.90 Å². The number of anilines is 2. The molecular weight excluding hydrogens is 242 g/mol. The summed E-state index contributed by atoms with van der Waals surface area (Å²) in [5.41, 5.74) is 5.62. The second kappa shape index (κ2) is 5.58. The minimum absolute atomic E-state index is 0.0751. The van der Waals surface area contributed by atoms with Crippen molar-refractivity contribution in [1.82, 2.24) is 0 Å². The van der Waals surface area contributed by atoms with Gasteiger partial charge in [-0.25, -0.2) is 8.78 Å². The molecular formula is C12H16F2N2S. The van der Waals surface area contributed by atoms with Crippen LogP contribution in [-0.2, 0) is 0 Å². The van der Waals surface area contributed by atoms with E-state index >= 15 is 0 Å². The molecule has 1 aromatic carbocycles. The van der Waals surface area contributed by atoms with Crippen LogP contribution in [0.25, 0.3) is 0 Å². The van der Waals surface area contributed by atoms with Gasteiger partial charge in [-0.3, -0.25) is 0 Å². The molecule has 0 unspecified atom stereocenters. The predicted molar refractivity (Wildman–Crippen MR) is 69.5 cm³/mol. The van der Waals surface area contributed by atoms with Crippen LogP contribution in [0.4, 0.5) is 20.2 Å². The lowest BCUT2D eigenvalue weighted by molar-refractivity contribution is 0.568. The molecule has 0 aromatic heterocycles. The minimum Gasteiger partial charge on any atom is -0.399 e. The second-order valence-electron chi connectivity index (χ2n) is 4.14. The van der Waals surface area contributed by atoms with Crippen molar-refractivity contribution < 1.29 is 8.78 Å². The fourth-order valence-electron chi connectivity index (χ4n) is 2.04. The van der Waals surface area contributed by atoms with Gasteiger partial charge < -0.3 is 10.6 Å². The second-order valence-corrected chi connectivity index (χ2v) is 5.36. The number of hydrogen-bond acceptors (Lipinski definition) is 3. The zero-order valence-corrected chi connectivity index (χ0v) is 10.4. The van der Waals surface area contributed by atoms with Crippen LogP contribution in [0.5, 0.6) is 0 Å². The molecule has 0 spiro atoms. The Morgan fingerprint density at radius 2 is 1.59 bits per heavy atom. The molecule has 1 fully saturated rings. The van der Waals surface area contributed by atoms with E-state index in [0.717, 1.165) is 24.3 Å². The summed E-state index contributed by atoms with van der Waals surface area (Å²) in [6.07, 6.45) is 1.90. The number of halogens is 2. The SMILES string of the molecule is Nc1cc(F)c(N2CCCSCCC2)c(F)c1. The van der Waals surface area contributed by atoms with Crippen molar-refractivity contribution in [3.8, 4) is 0 Å². The van der Waals surface area contributed by atoms with E-state index in [0.29, 0.717) is 13.1 Å². The Labute approximate surface area is 104 Å². The Kier molecular flexibility index (Phi) is 4.10. The molecule has 2 nitrogen and oxygen atoms in total. The standard InChI is InChI=1S/C12H16F2N2S/c13-10-7-9(15)8-11(14)12(10)16-3-1-5-17-6-2-4-16/h7-8H,1-6,15H2. The van der Waals surface area contributed by atoms with Gasteiger partial charge in [0.25, 0.3) is 0 Å². The van der Waals surface area contributed by atoms with Gasteiger partial charge in [0.15, 0.2) is 11.6 Å². The molecule has 1 saturated heterocycles. The van der Waals surface area contributed by atoms with Crippen molar-refractivity contribution in [2.75, 3.05) is 35.2 Å². The third-order valence-electron chi connectivity index (χ3n) is 2.79. The maximum atomic E-state index is 13.8. The number of nitrogens with zero attached hydrogens (tertiary/aromatic N) is 1. The molecule has 0 radical (unpaired) electrons. The quantitative estimate of drug-likeness (QED) is 0.785. The topological polar surface area (TPSA) is 29.3 Å². The largest absolute Gasteiger partial charge is 0.399 e. The molecule has 2 N–H and O–H groups in total. The van der Waals surface area contributed by atoms with Crippen LogP contribution in [-0.4, -0.2) is 24.6 Å². The minimum atomic E-state index is -0.560. The van der Waals surface area contributed by atoms with Gasteiger partial charge in [0.05, 0.1) is 0 Å². The highest BCUT2D eigenvalue weighted by atomic mass is 32.2. The number of nitrogens with two attached hydrogens (primary N) is 1. The summed E-state index contributed by atoms with van der Waals surface area (Å²) in [6, 6.07) is 2.37. The zero-order chi connectivity index (χ0) is 12.3. The van der Waals surface area contributed by atoms with E-state index < -0.39 is 11.6 Å². The van der Waals surface area contributed by atoms with Crippen LogP contribution in [0.15, 0.2) is 12.1 Å². The van der Waals surface area contributed by atoms with Crippen molar-refractivity contribution in [1.29, 1.82) is 0 Å². The number of rotatable bonds is 1. The summed E-state index contributed by atoms with van der Waals surface area (Å²) in [5, 5.41) is 0. The summed E-state index contributed by atoms with van der Waals surface area (Å²) in [6.45, 7) is 1.40. The molecule has 1 aromatic rings. The fraction of sp³-hybridized carbons (Fsp3) is 0.500. The average Bonchev–Trinajstić information content (AvgIpc) is 2.19. The van der Waals surface area contributed by atoms with Gasteiger partial charge in [-0.2, -0.15) is 11.8 Å². The Morgan fingerprint density at radius 1 is 1.06 bits per heavy atom. The average molecular weight is 258 g/mol. The summed E-state index contributed by atoms with van der Waals surface area (Å²) in [5.74, 6) is 0.982. The van der Waals surface area contributed by atoms with E-state index in [1.165, 1.54) is 12.1 Å². The van der Waals surface area contributed by atoms with Crippen LogP contribution in [0.1, 0.15) is 12.8 Å². The number of benzene rings is 1. The van der Waals surface area contributed by atoms with Crippen LogP contribution in [0.3, 0.4) is 0 Å². The van der Waals surface area contributed by atoms with E-state index in [9.17, 15) is 8.78 Å². The Hall–Kier alpha value is -0.970.